The van der Waals surface area contributed by atoms with Gasteiger partial charge >= 0.3 is 5.88 Å². The van der Waals surface area contributed by atoms with Crippen molar-refractivity contribution < 1.29 is 9.34 Å². The molecule has 0 amide bonds. The fourth-order valence-electron chi connectivity index (χ4n) is 3.35. The van der Waals surface area contributed by atoms with Crippen LogP contribution in [0.25, 0.3) is 16.7 Å². The van der Waals surface area contributed by atoms with Gasteiger partial charge in [-0.1, -0.05) is 0 Å². The molecule has 152 valence electrons. The summed E-state index contributed by atoms with van der Waals surface area (Å²) in [5.41, 5.74) is 4.69. The first-order valence-corrected chi connectivity index (χ1v) is 9.70. The van der Waals surface area contributed by atoms with Crippen LogP contribution in [0.4, 0.5) is 17.3 Å². The van der Waals surface area contributed by atoms with Crippen LogP contribution in [0.2, 0.25) is 0 Å². The Morgan fingerprint density at radius 3 is 2.57 bits per heavy atom. The number of hydrogen-bond donors (Lipinski definition) is 0. The van der Waals surface area contributed by atoms with Crippen LogP contribution in [0.15, 0.2) is 70.3 Å². The maximum absolute atomic E-state index is 10.7. The first-order chi connectivity index (χ1) is 14.6. The van der Waals surface area contributed by atoms with E-state index in [0.717, 1.165) is 29.8 Å². The lowest BCUT2D eigenvalue weighted by atomic mass is 10.2. The van der Waals surface area contributed by atoms with Crippen molar-refractivity contribution in [1.82, 2.24) is 9.55 Å². The predicted octanol–water partition coefficient (Wildman–Crippen LogP) is 5.12. The number of nitro groups is 1. The Kier molecular flexibility index (Phi) is 5.30. The van der Waals surface area contributed by atoms with Gasteiger partial charge in [0.25, 0.3) is 0 Å². The first-order valence-electron chi connectivity index (χ1n) is 9.70. The van der Waals surface area contributed by atoms with Crippen LogP contribution >= 0.6 is 0 Å². The Morgan fingerprint density at radius 1 is 1.13 bits per heavy atom. The molecule has 0 aliphatic heterocycles. The average Bonchev–Trinajstić information content (AvgIpc) is 3.41. The van der Waals surface area contributed by atoms with Gasteiger partial charge in [-0.05, 0) is 62.4 Å². The highest BCUT2D eigenvalue weighted by molar-refractivity contribution is 5.84. The summed E-state index contributed by atoms with van der Waals surface area (Å²) in [6.45, 7) is 6.24. The Balaban J connectivity index is 1.57. The summed E-state index contributed by atoms with van der Waals surface area (Å²) in [6, 6.07) is 16.9. The smallest absolute Gasteiger partial charge is 0.400 e. The fraction of sp³-hybridized carbons (Fsp3) is 0.182. The van der Waals surface area contributed by atoms with Gasteiger partial charge in [0.05, 0.1) is 29.0 Å². The molecule has 0 saturated carbocycles. The lowest BCUT2D eigenvalue weighted by molar-refractivity contribution is -0.402. The molecule has 4 rings (SSSR count). The van der Waals surface area contributed by atoms with Crippen LogP contribution < -0.4 is 4.90 Å². The SMILES string of the molecule is CCN(CC)c1ccc(-n2cnc3cc(N=Cc4ccc([N+](=O)[O-])o4)ccc32)cc1. The number of nitrogens with zero attached hydrogens (tertiary/aromatic N) is 5. The van der Waals surface area contributed by atoms with Gasteiger partial charge in [-0.3, -0.25) is 19.7 Å². The van der Waals surface area contributed by atoms with Crippen molar-refractivity contribution in [1.29, 1.82) is 0 Å². The zero-order valence-electron chi connectivity index (χ0n) is 16.7. The van der Waals surface area contributed by atoms with Crippen LogP contribution in [-0.4, -0.2) is 33.8 Å². The van der Waals surface area contributed by atoms with Gasteiger partial charge in [0, 0.05) is 24.5 Å². The number of rotatable bonds is 7. The monoisotopic (exact) mass is 403 g/mol. The van der Waals surface area contributed by atoms with Crippen LogP contribution in [0.3, 0.4) is 0 Å². The lowest BCUT2D eigenvalue weighted by Crippen LogP contribution is -2.21. The Labute approximate surface area is 173 Å². The van der Waals surface area contributed by atoms with Crippen LogP contribution in [-0.2, 0) is 0 Å². The highest BCUT2D eigenvalue weighted by Crippen LogP contribution is 2.25. The lowest BCUT2D eigenvalue weighted by Gasteiger charge is -2.21. The number of aliphatic imine (C=N–C) groups is 1. The first kappa shape index (κ1) is 19.4. The van der Waals surface area contributed by atoms with Gasteiger partial charge in [-0.15, -0.1) is 0 Å². The minimum Gasteiger partial charge on any atom is -0.400 e. The number of furan rings is 1. The maximum Gasteiger partial charge on any atom is 0.433 e. The van der Waals surface area contributed by atoms with E-state index >= 15 is 0 Å². The van der Waals surface area contributed by atoms with E-state index < -0.39 is 4.92 Å². The summed E-state index contributed by atoms with van der Waals surface area (Å²) >= 11 is 0. The Hall–Kier alpha value is -3.94. The normalized spacial score (nSPS) is 11.4. The molecular formula is C22H21N5O3. The zero-order valence-corrected chi connectivity index (χ0v) is 16.7. The molecule has 30 heavy (non-hydrogen) atoms. The summed E-state index contributed by atoms with van der Waals surface area (Å²) in [6.07, 6.45) is 3.25. The molecule has 2 heterocycles. The third-order valence-corrected chi connectivity index (χ3v) is 4.92. The summed E-state index contributed by atoms with van der Waals surface area (Å²) in [5, 5.41) is 10.7. The molecule has 0 bridgehead atoms. The van der Waals surface area contributed by atoms with Crippen LogP contribution in [0.1, 0.15) is 19.6 Å². The minimum atomic E-state index is -0.579. The molecule has 8 heteroatoms. The number of anilines is 1. The second kappa shape index (κ2) is 8.20. The largest absolute Gasteiger partial charge is 0.433 e. The molecule has 0 aliphatic carbocycles. The molecule has 0 spiro atoms. The fourth-order valence-corrected chi connectivity index (χ4v) is 3.35. The Morgan fingerprint density at radius 2 is 1.90 bits per heavy atom. The van der Waals surface area contributed by atoms with Crippen molar-refractivity contribution in [3.8, 4) is 5.69 Å². The highest BCUT2D eigenvalue weighted by atomic mass is 16.6. The van der Waals surface area contributed by atoms with E-state index in [9.17, 15) is 10.1 Å². The number of hydrogen-bond acceptors (Lipinski definition) is 6. The van der Waals surface area contributed by atoms with Crippen LogP contribution in [0, 0.1) is 10.1 Å². The second-order valence-corrected chi connectivity index (χ2v) is 6.67. The minimum absolute atomic E-state index is 0.308. The van der Waals surface area contributed by atoms with Gasteiger partial charge < -0.3 is 9.32 Å². The predicted molar refractivity (Wildman–Crippen MR) is 117 cm³/mol. The van der Waals surface area contributed by atoms with Crippen molar-refractivity contribution in [2.75, 3.05) is 18.0 Å². The number of fused-ring (bicyclic) bond motifs is 1. The van der Waals surface area contributed by atoms with Crippen molar-refractivity contribution in [3.63, 3.8) is 0 Å². The van der Waals surface area contributed by atoms with E-state index in [0.29, 0.717) is 11.4 Å². The van der Waals surface area contributed by atoms with Crippen molar-refractivity contribution in [3.05, 3.63) is 76.8 Å². The zero-order chi connectivity index (χ0) is 21.1. The molecule has 0 atom stereocenters. The van der Waals surface area contributed by atoms with Gasteiger partial charge in [0.1, 0.15) is 11.3 Å². The summed E-state index contributed by atoms with van der Waals surface area (Å²) in [5.74, 6) is 0.0123. The Bertz CT molecular complexity index is 1200. The van der Waals surface area contributed by atoms with Crippen molar-refractivity contribution in [2.24, 2.45) is 4.99 Å². The van der Waals surface area contributed by atoms with Crippen molar-refractivity contribution >= 4 is 34.5 Å². The quantitative estimate of drug-likeness (QED) is 0.243. The molecule has 0 radical (unpaired) electrons. The van der Waals surface area contributed by atoms with Gasteiger partial charge in [0.15, 0.2) is 5.76 Å². The van der Waals surface area contributed by atoms with E-state index in [-0.39, 0.29) is 5.88 Å². The topological polar surface area (TPSA) is 89.7 Å². The molecule has 2 aromatic heterocycles. The third-order valence-electron chi connectivity index (χ3n) is 4.92. The molecule has 0 saturated heterocycles. The molecule has 8 nitrogen and oxygen atoms in total. The van der Waals surface area contributed by atoms with E-state index in [1.807, 2.05) is 22.8 Å². The maximum atomic E-state index is 10.7. The van der Waals surface area contributed by atoms with Gasteiger partial charge in [-0.2, -0.15) is 0 Å². The summed E-state index contributed by atoms with van der Waals surface area (Å²) in [4.78, 5) is 21.2. The molecule has 0 unspecified atom stereocenters. The highest BCUT2D eigenvalue weighted by Gasteiger charge is 2.11. The number of imidazole rings is 1. The summed E-state index contributed by atoms with van der Waals surface area (Å²) in [7, 11) is 0. The molecule has 2 aromatic carbocycles. The third kappa shape index (κ3) is 3.80. The standard InChI is InChI=1S/C22H21N5O3/c1-3-25(4-2)17-6-8-18(9-7-17)26-15-24-20-13-16(5-11-21(20)26)23-14-19-10-12-22(30-19)27(28)29/h5-15H,3-4H2,1-2H3. The van der Waals surface area contributed by atoms with E-state index in [1.54, 1.807) is 6.33 Å². The number of aromatic nitrogens is 2. The molecule has 0 aliphatic rings. The van der Waals surface area contributed by atoms with E-state index in [2.05, 4.69) is 53.0 Å². The average molecular weight is 403 g/mol. The molecule has 0 N–H and O–H groups in total. The second-order valence-electron chi connectivity index (χ2n) is 6.67. The molecular weight excluding hydrogens is 382 g/mol. The number of benzene rings is 2. The van der Waals surface area contributed by atoms with Gasteiger partial charge in [0.2, 0.25) is 0 Å². The van der Waals surface area contributed by atoms with Crippen LogP contribution in [0.5, 0.6) is 0 Å². The summed E-state index contributed by atoms with van der Waals surface area (Å²) < 4.78 is 7.12. The van der Waals surface area contributed by atoms with Gasteiger partial charge in [-0.25, -0.2) is 4.98 Å². The molecule has 0 fully saturated rings. The molecule has 4 aromatic rings. The van der Waals surface area contributed by atoms with E-state index in [1.165, 1.54) is 24.0 Å². The van der Waals surface area contributed by atoms with E-state index in [4.69, 9.17) is 4.42 Å². The van der Waals surface area contributed by atoms with Crippen molar-refractivity contribution in [2.45, 2.75) is 13.8 Å².